The summed E-state index contributed by atoms with van der Waals surface area (Å²) in [6.07, 6.45) is -1.99. The molecule has 0 unspecified atom stereocenters. The van der Waals surface area contributed by atoms with E-state index in [1.54, 1.807) is 0 Å². The van der Waals surface area contributed by atoms with Crippen molar-refractivity contribution in [2.45, 2.75) is 17.5 Å². The number of ether oxygens (including phenoxy) is 1. The molecule has 7 nitrogen and oxygen atoms in total. The molecule has 25 heavy (non-hydrogen) atoms. The van der Waals surface area contributed by atoms with Gasteiger partial charge in [0, 0.05) is 17.9 Å². The maximum absolute atomic E-state index is 10.8. The van der Waals surface area contributed by atoms with Crippen LogP contribution < -0.4 is 4.74 Å². The average Bonchev–Trinajstić information content (AvgIpc) is 2.56. The SMILES string of the molecule is OCCS[C@H]1c2c(O)cc(O)cc2O[C@H](c2ccc(O)c(O)c2)[C@H]1O. The van der Waals surface area contributed by atoms with Gasteiger partial charge in [-0.25, -0.2) is 0 Å². The first kappa shape index (κ1) is 17.5. The fourth-order valence-corrected chi connectivity index (χ4v) is 3.96. The predicted octanol–water partition coefficient (Wildman–Crippen LogP) is 1.77. The predicted molar refractivity (Wildman–Crippen MR) is 91.2 cm³/mol. The van der Waals surface area contributed by atoms with Crippen LogP contribution in [0.15, 0.2) is 30.3 Å². The second-order valence-electron chi connectivity index (χ2n) is 5.67. The van der Waals surface area contributed by atoms with Crippen LogP contribution in [0.5, 0.6) is 28.7 Å². The number of phenolic OH excluding ortho intramolecular Hbond substituents is 4. The van der Waals surface area contributed by atoms with Gasteiger partial charge in [0.2, 0.25) is 0 Å². The van der Waals surface area contributed by atoms with E-state index in [9.17, 15) is 25.5 Å². The van der Waals surface area contributed by atoms with Crippen LogP contribution in [-0.4, -0.2) is 49.1 Å². The highest BCUT2D eigenvalue weighted by Crippen LogP contribution is 2.52. The van der Waals surface area contributed by atoms with Gasteiger partial charge in [0.1, 0.15) is 23.4 Å². The molecule has 134 valence electrons. The molecule has 0 aromatic heterocycles. The molecule has 0 aliphatic carbocycles. The average molecular weight is 366 g/mol. The molecule has 0 saturated heterocycles. The molecule has 1 aliphatic rings. The van der Waals surface area contributed by atoms with Crippen molar-refractivity contribution in [2.24, 2.45) is 0 Å². The van der Waals surface area contributed by atoms with Gasteiger partial charge in [-0.05, 0) is 17.7 Å². The lowest BCUT2D eigenvalue weighted by molar-refractivity contribution is 0.0174. The van der Waals surface area contributed by atoms with Gasteiger partial charge in [0.25, 0.3) is 0 Å². The summed E-state index contributed by atoms with van der Waals surface area (Å²) >= 11 is 1.24. The van der Waals surface area contributed by atoms with E-state index in [4.69, 9.17) is 9.84 Å². The maximum Gasteiger partial charge on any atom is 0.157 e. The largest absolute Gasteiger partial charge is 0.508 e. The molecule has 3 atom stereocenters. The molecule has 0 saturated carbocycles. The third-order valence-corrected chi connectivity index (χ3v) is 5.27. The van der Waals surface area contributed by atoms with Crippen LogP contribution >= 0.6 is 11.8 Å². The lowest BCUT2D eigenvalue weighted by Gasteiger charge is -2.37. The minimum atomic E-state index is -1.09. The van der Waals surface area contributed by atoms with Crippen molar-refractivity contribution in [3.05, 3.63) is 41.5 Å². The van der Waals surface area contributed by atoms with E-state index < -0.39 is 17.5 Å². The van der Waals surface area contributed by atoms with Crippen molar-refractivity contribution >= 4 is 11.8 Å². The van der Waals surface area contributed by atoms with E-state index in [2.05, 4.69) is 0 Å². The summed E-state index contributed by atoms with van der Waals surface area (Å²) in [6, 6.07) is 6.57. The summed E-state index contributed by atoms with van der Waals surface area (Å²) in [4.78, 5) is 0. The number of aliphatic hydroxyl groups is 2. The summed E-state index contributed by atoms with van der Waals surface area (Å²) in [5, 5.41) is 58.3. The molecule has 1 aliphatic heterocycles. The lowest BCUT2D eigenvalue weighted by atomic mass is 9.93. The molecule has 1 heterocycles. The van der Waals surface area contributed by atoms with Gasteiger partial charge in [0.15, 0.2) is 17.6 Å². The Kier molecular flexibility index (Phi) is 4.85. The third kappa shape index (κ3) is 3.28. The van der Waals surface area contributed by atoms with E-state index in [-0.39, 0.29) is 35.4 Å². The summed E-state index contributed by atoms with van der Waals surface area (Å²) in [5.74, 6) is -0.513. The zero-order chi connectivity index (χ0) is 18.1. The molecule has 2 aromatic carbocycles. The Labute approximate surface area is 147 Å². The zero-order valence-electron chi connectivity index (χ0n) is 13.0. The van der Waals surface area contributed by atoms with Gasteiger partial charge in [-0.15, -0.1) is 11.8 Å². The number of hydrogen-bond acceptors (Lipinski definition) is 8. The van der Waals surface area contributed by atoms with Crippen LogP contribution in [-0.2, 0) is 0 Å². The Morgan fingerprint density at radius 1 is 0.960 bits per heavy atom. The van der Waals surface area contributed by atoms with Gasteiger partial charge in [-0.3, -0.25) is 0 Å². The Hall–Kier alpha value is -2.29. The molecule has 3 rings (SSSR count). The molecule has 8 heteroatoms. The van der Waals surface area contributed by atoms with E-state index >= 15 is 0 Å². The lowest BCUT2D eigenvalue weighted by Crippen LogP contribution is -2.33. The van der Waals surface area contributed by atoms with Crippen molar-refractivity contribution in [1.82, 2.24) is 0 Å². The highest BCUT2D eigenvalue weighted by Gasteiger charge is 2.40. The smallest absolute Gasteiger partial charge is 0.157 e. The summed E-state index contributed by atoms with van der Waals surface area (Å²) < 4.78 is 5.76. The van der Waals surface area contributed by atoms with Gasteiger partial charge < -0.3 is 35.4 Å². The van der Waals surface area contributed by atoms with E-state index in [1.165, 1.54) is 36.0 Å². The molecule has 0 spiro atoms. The van der Waals surface area contributed by atoms with Crippen LogP contribution in [0.1, 0.15) is 22.5 Å². The Bertz CT molecular complexity index is 780. The van der Waals surface area contributed by atoms with Crippen LogP contribution in [0.25, 0.3) is 0 Å². The van der Waals surface area contributed by atoms with Gasteiger partial charge >= 0.3 is 0 Å². The molecular weight excluding hydrogens is 348 g/mol. The van der Waals surface area contributed by atoms with Crippen molar-refractivity contribution in [1.29, 1.82) is 0 Å². The molecule has 0 bridgehead atoms. The standard InChI is InChI=1S/C17H18O7S/c18-3-4-25-17-14-12(22)6-9(19)7-13(14)24-16(15(17)23)8-1-2-10(20)11(21)5-8/h1-2,5-7,15-23H,3-4H2/t15-,16-,17+/m1/s1. The van der Waals surface area contributed by atoms with Gasteiger partial charge in [0.05, 0.1) is 17.4 Å². The Morgan fingerprint density at radius 2 is 1.72 bits per heavy atom. The van der Waals surface area contributed by atoms with Crippen LogP contribution in [0.3, 0.4) is 0 Å². The van der Waals surface area contributed by atoms with Crippen LogP contribution in [0.4, 0.5) is 0 Å². The number of fused-ring (bicyclic) bond motifs is 1. The van der Waals surface area contributed by atoms with E-state index in [1.807, 2.05) is 0 Å². The highest BCUT2D eigenvalue weighted by atomic mass is 32.2. The van der Waals surface area contributed by atoms with E-state index in [0.29, 0.717) is 16.9 Å². The first-order valence-electron chi connectivity index (χ1n) is 7.57. The minimum Gasteiger partial charge on any atom is -0.508 e. The first-order valence-corrected chi connectivity index (χ1v) is 8.62. The molecule has 2 aromatic rings. The maximum atomic E-state index is 10.8. The second kappa shape index (κ2) is 6.91. The van der Waals surface area contributed by atoms with Crippen molar-refractivity contribution in [3.63, 3.8) is 0 Å². The summed E-state index contributed by atoms with van der Waals surface area (Å²) in [5.41, 5.74) is 0.758. The topological polar surface area (TPSA) is 131 Å². The Morgan fingerprint density at radius 3 is 2.40 bits per heavy atom. The number of phenols is 4. The number of thioether (sulfide) groups is 1. The fraction of sp³-hybridized carbons (Fsp3) is 0.294. The van der Waals surface area contributed by atoms with Crippen LogP contribution in [0, 0.1) is 0 Å². The molecule has 0 fully saturated rings. The number of benzene rings is 2. The quantitative estimate of drug-likeness (QED) is 0.452. The molecule has 0 radical (unpaired) electrons. The first-order chi connectivity index (χ1) is 11.9. The fourth-order valence-electron chi connectivity index (χ4n) is 2.86. The van der Waals surface area contributed by atoms with E-state index in [0.717, 1.165) is 6.07 Å². The zero-order valence-corrected chi connectivity index (χ0v) is 13.8. The second-order valence-corrected chi connectivity index (χ2v) is 6.92. The highest BCUT2D eigenvalue weighted by molar-refractivity contribution is 7.99. The van der Waals surface area contributed by atoms with Gasteiger partial charge in [-0.1, -0.05) is 6.07 Å². The third-order valence-electron chi connectivity index (χ3n) is 3.98. The number of hydrogen-bond donors (Lipinski definition) is 6. The molecular formula is C17H18O7S. The van der Waals surface area contributed by atoms with Crippen molar-refractivity contribution in [3.8, 4) is 28.7 Å². The number of aliphatic hydroxyl groups excluding tert-OH is 2. The molecule has 0 amide bonds. The minimum absolute atomic E-state index is 0.104. The van der Waals surface area contributed by atoms with Crippen molar-refractivity contribution in [2.75, 3.05) is 12.4 Å². The summed E-state index contributed by atoms with van der Waals surface area (Å²) in [6.45, 7) is -0.104. The monoisotopic (exact) mass is 366 g/mol. The number of aromatic hydroxyl groups is 4. The summed E-state index contributed by atoms with van der Waals surface area (Å²) in [7, 11) is 0. The normalized spacial score (nSPS) is 22.2. The molecule has 6 N–H and O–H groups in total. The van der Waals surface area contributed by atoms with Gasteiger partial charge in [-0.2, -0.15) is 0 Å². The van der Waals surface area contributed by atoms with Crippen molar-refractivity contribution < 1.29 is 35.4 Å². The number of rotatable bonds is 4. The van der Waals surface area contributed by atoms with Crippen LogP contribution in [0.2, 0.25) is 0 Å². The Balaban J connectivity index is 2.06.